The normalized spacial score (nSPS) is 9.87. The van der Waals surface area contributed by atoms with Gasteiger partial charge in [-0.05, 0) is 28.2 Å². The molecule has 0 aliphatic carbocycles. The lowest BCUT2D eigenvalue weighted by molar-refractivity contribution is 0.100. The minimum atomic E-state index is -0.580. The maximum absolute atomic E-state index is 11.3. The summed E-state index contributed by atoms with van der Waals surface area (Å²) >= 11 is 0. The molecule has 1 heterocycles. The minimum Gasteiger partial charge on any atom is -0.465 e. The van der Waals surface area contributed by atoms with E-state index in [-0.39, 0.29) is 0 Å². The van der Waals surface area contributed by atoms with Crippen LogP contribution in [-0.4, -0.2) is 13.8 Å². The van der Waals surface area contributed by atoms with Crippen molar-refractivity contribution in [3.8, 4) is 0 Å². The first kappa shape index (κ1) is 9.36. The van der Waals surface area contributed by atoms with E-state index in [1.54, 1.807) is 24.5 Å². The number of furan rings is 1. The Balaban J connectivity index is 2.63. The molecule has 5 nitrogen and oxygen atoms in total. The third kappa shape index (κ3) is 1.58. The van der Waals surface area contributed by atoms with Crippen LogP contribution in [0.25, 0.3) is 21.4 Å². The largest absolute Gasteiger partial charge is 0.465 e. The molecule has 2 aromatic rings. The molecule has 0 fully saturated rings. The lowest BCUT2D eigenvalue weighted by atomic mass is 9.92. The second kappa shape index (κ2) is 3.51. The number of azide groups is 1. The van der Waals surface area contributed by atoms with E-state index in [0.717, 1.165) is 16.4 Å². The lowest BCUT2D eigenvalue weighted by Gasteiger charge is -1.98. The maximum atomic E-state index is 11.3. The predicted octanol–water partition coefficient (Wildman–Crippen LogP) is 1.14. The van der Waals surface area contributed by atoms with Gasteiger partial charge in [0.05, 0.1) is 6.26 Å². The van der Waals surface area contributed by atoms with Crippen molar-refractivity contribution in [3.05, 3.63) is 40.5 Å². The Hall–Kier alpha value is -2.20. The van der Waals surface area contributed by atoms with Crippen molar-refractivity contribution in [2.75, 3.05) is 0 Å². The number of carbonyl (C=O) groups is 1. The molecule has 1 aromatic carbocycles. The van der Waals surface area contributed by atoms with E-state index in [1.807, 2.05) is 7.85 Å². The van der Waals surface area contributed by atoms with Gasteiger partial charge >= 0.3 is 0 Å². The van der Waals surface area contributed by atoms with Gasteiger partial charge in [-0.15, -0.1) is 0 Å². The molecule has 0 N–H and O–H groups in total. The van der Waals surface area contributed by atoms with Gasteiger partial charge in [-0.1, -0.05) is 6.07 Å². The molecule has 0 saturated heterocycles. The highest BCUT2D eigenvalue weighted by atomic mass is 16.3. The molecule has 0 unspecified atom stereocenters. The topological polar surface area (TPSA) is 79.0 Å². The van der Waals surface area contributed by atoms with E-state index < -0.39 is 5.91 Å². The molecule has 15 heavy (non-hydrogen) atoms. The minimum absolute atomic E-state index is 0.374. The summed E-state index contributed by atoms with van der Waals surface area (Å²) in [6.45, 7) is 0. The van der Waals surface area contributed by atoms with Crippen LogP contribution >= 0.6 is 0 Å². The first-order valence-corrected chi connectivity index (χ1v) is 4.29. The molecule has 0 bridgehead atoms. The Bertz CT molecular complexity index is 584. The fourth-order valence-electron chi connectivity index (χ4n) is 1.48. The Morgan fingerprint density at radius 3 is 3.07 bits per heavy atom. The summed E-state index contributed by atoms with van der Waals surface area (Å²) in [5.41, 5.74) is 10.1. The quantitative estimate of drug-likeness (QED) is 0.298. The van der Waals surface area contributed by atoms with Crippen LogP contribution in [0.5, 0.6) is 0 Å². The smallest absolute Gasteiger partial charge is 0.249 e. The van der Waals surface area contributed by atoms with Crippen molar-refractivity contribution < 1.29 is 9.21 Å². The van der Waals surface area contributed by atoms with Gasteiger partial charge in [-0.2, -0.15) is 0 Å². The number of amides is 1. The molecule has 0 aliphatic rings. The van der Waals surface area contributed by atoms with Gasteiger partial charge in [0, 0.05) is 15.9 Å². The molecule has 72 valence electrons. The Labute approximate surface area is 85.7 Å². The van der Waals surface area contributed by atoms with Gasteiger partial charge in [-0.3, -0.25) is 4.79 Å². The third-order valence-corrected chi connectivity index (χ3v) is 2.12. The van der Waals surface area contributed by atoms with Crippen molar-refractivity contribution in [2.45, 2.75) is 0 Å². The Kier molecular flexibility index (Phi) is 2.19. The van der Waals surface area contributed by atoms with Gasteiger partial charge < -0.3 is 4.42 Å². The highest BCUT2D eigenvalue weighted by Crippen LogP contribution is 2.15. The highest BCUT2D eigenvalue weighted by Gasteiger charge is 2.08. The molecular weight excluding hydrogens is 193 g/mol. The van der Waals surface area contributed by atoms with E-state index >= 15 is 0 Å². The molecule has 0 aliphatic heterocycles. The van der Waals surface area contributed by atoms with E-state index in [9.17, 15) is 4.79 Å². The molecule has 0 saturated carbocycles. The zero-order valence-corrected chi connectivity index (χ0v) is 7.97. The number of fused-ring (bicyclic) bond motifs is 1. The number of carbonyl (C=O) groups excluding carboxylic acids is 1. The molecule has 0 radical (unpaired) electrons. The summed E-state index contributed by atoms with van der Waals surface area (Å²) < 4.78 is 5.23. The summed E-state index contributed by atoms with van der Waals surface area (Å²) in [7, 11) is 1.83. The average molecular weight is 199 g/mol. The standard InChI is InChI=1S/C9H6BN3O2/c10-7-4-6(9(14)12-13-11)3-5-1-2-15-8(5)7/h1-4H,10H2. The fourth-order valence-corrected chi connectivity index (χ4v) is 1.48. The van der Waals surface area contributed by atoms with Crippen LogP contribution in [0.15, 0.2) is 34.0 Å². The molecule has 2 rings (SSSR count). The van der Waals surface area contributed by atoms with Crippen LogP contribution in [0, 0.1) is 0 Å². The van der Waals surface area contributed by atoms with Crippen molar-refractivity contribution in [1.82, 2.24) is 0 Å². The summed E-state index contributed by atoms with van der Waals surface area (Å²) in [4.78, 5) is 13.8. The summed E-state index contributed by atoms with van der Waals surface area (Å²) in [6, 6.07) is 5.04. The van der Waals surface area contributed by atoms with Crippen molar-refractivity contribution in [2.24, 2.45) is 5.11 Å². The van der Waals surface area contributed by atoms with Crippen molar-refractivity contribution in [1.29, 1.82) is 0 Å². The molecule has 0 atom stereocenters. The van der Waals surface area contributed by atoms with Crippen LogP contribution < -0.4 is 5.46 Å². The maximum Gasteiger partial charge on any atom is 0.249 e. The van der Waals surface area contributed by atoms with Crippen LogP contribution in [0.1, 0.15) is 10.4 Å². The fraction of sp³-hybridized carbons (Fsp3) is 0. The number of hydrogen-bond donors (Lipinski definition) is 0. The van der Waals surface area contributed by atoms with E-state index in [1.165, 1.54) is 0 Å². The highest BCUT2D eigenvalue weighted by molar-refractivity contribution is 6.38. The van der Waals surface area contributed by atoms with Gasteiger partial charge in [0.15, 0.2) is 0 Å². The molecule has 1 aromatic heterocycles. The average Bonchev–Trinajstić information content (AvgIpc) is 2.66. The van der Waals surface area contributed by atoms with Gasteiger partial charge in [-0.25, -0.2) is 0 Å². The van der Waals surface area contributed by atoms with Crippen molar-refractivity contribution >= 4 is 30.2 Å². The van der Waals surface area contributed by atoms with E-state index in [2.05, 4.69) is 10.0 Å². The third-order valence-electron chi connectivity index (χ3n) is 2.12. The van der Waals surface area contributed by atoms with Gasteiger partial charge in [0.25, 0.3) is 0 Å². The zero-order valence-electron chi connectivity index (χ0n) is 7.97. The first-order chi connectivity index (χ1) is 7.22. The van der Waals surface area contributed by atoms with E-state index in [0.29, 0.717) is 5.56 Å². The van der Waals surface area contributed by atoms with Crippen molar-refractivity contribution in [3.63, 3.8) is 0 Å². The predicted molar refractivity (Wildman–Crippen MR) is 57.9 cm³/mol. The molecule has 0 spiro atoms. The van der Waals surface area contributed by atoms with Gasteiger partial charge in [0.2, 0.25) is 5.91 Å². The second-order valence-electron chi connectivity index (χ2n) is 3.13. The van der Waals surface area contributed by atoms with Crippen LogP contribution in [0.4, 0.5) is 0 Å². The number of benzene rings is 1. The zero-order chi connectivity index (χ0) is 10.8. The number of rotatable bonds is 1. The number of nitrogens with zero attached hydrogens (tertiary/aromatic N) is 3. The Morgan fingerprint density at radius 1 is 1.53 bits per heavy atom. The van der Waals surface area contributed by atoms with Crippen LogP contribution in [0.3, 0.4) is 0 Å². The summed E-state index contributed by atoms with van der Waals surface area (Å²) in [5, 5.41) is 3.86. The lowest BCUT2D eigenvalue weighted by Crippen LogP contribution is -2.06. The molecular formula is C9H6BN3O2. The monoisotopic (exact) mass is 199 g/mol. The second-order valence-corrected chi connectivity index (χ2v) is 3.13. The molecule has 1 amide bonds. The summed E-state index contributed by atoms with van der Waals surface area (Å²) in [5.74, 6) is -0.580. The SMILES string of the molecule is Bc1cc(C(=O)N=[N+]=[N-])cc2ccoc12. The Morgan fingerprint density at radius 2 is 2.33 bits per heavy atom. The van der Waals surface area contributed by atoms with E-state index in [4.69, 9.17) is 9.95 Å². The summed E-state index contributed by atoms with van der Waals surface area (Å²) in [6.07, 6.45) is 1.56. The molecule has 6 heteroatoms. The first-order valence-electron chi connectivity index (χ1n) is 4.29. The van der Waals surface area contributed by atoms with Crippen LogP contribution in [0.2, 0.25) is 0 Å². The number of hydrogen-bond acceptors (Lipinski definition) is 2. The van der Waals surface area contributed by atoms with Gasteiger partial charge in [0.1, 0.15) is 13.4 Å². The van der Waals surface area contributed by atoms with Crippen LogP contribution in [-0.2, 0) is 0 Å².